The third-order valence-corrected chi connectivity index (χ3v) is 7.41. The third-order valence-electron chi connectivity index (χ3n) is 7.41. The molecule has 0 radical (unpaired) electrons. The first-order valence-electron chi connectivity index (χ1n) is 12.1. The van der Waals surface area contributed by atoms with Crippen LogP contribution >= 0.6 is 0 Å². The minimum absolute atomic E-state index is 0.356. The maximum Gasteiger partial charge on any atom is 0.231 e. The van der Waals surface area contributed by atoms with Crippen LogP contribution in [0.5, 0.6) is 11.5 Å². The summed E-state index contributed by atoms with van der Waals surface area (Å²) in [6, 6.07) is 7.25. The second-order valence-electron chi connectivity index (χ2n) is 9.86. The van der Waals surface area contributed by atoms with E-state index >= 15 is 0 Å². The number of likely N-dealkylation sites (tertiary alicyclic amines) is 2. The predicted molar refractivity (Wildman–Crippen MR) is 122 cm³/mol. The van der Waals surface area contributed by atoms with Crippen LogP contribution in [-0.4, -0.2) is 80.4 Å². The second-order valence-corrected chi connectivity index (χ2v) is 9.86. The number of hydrogen-bond acceptors (Lipinski definition) is 5. The minimum atomic E-state index is 0.356. The molecule has 0 N–H and O–H groups in total. The molecule has 0 aromatic heterocycles. The third kappa shape index (κ3) is 5.68. The van der Waals surface area contributed by atoms with E-state index in [0.29, 0.717) is 12.7 Å². The number of piperidine rings is 2. The maximum absolute atomic E-state index is 5.54. The van der Waals surface area contributed by atoms with Gasteiger partial charge in [-0.1, -0.05) is 19.9 Å². The summed E-state index contributed by atoms with van der Waals surface area (Å²) in [7, 11) is 2.26. The van der Waals surface area contributed by atoms with E-state index in [1.165, 1.54) is 70.5 Å². The van der Waals surface area contributed by atoms with Crippen molar-refractivity contribution in [2.45, 2.75) is 52.0 Å². The number of hydrogen-bond donors (Lipinski definition) is 0. The molecule has 2 fully saturated rings. The van der Waals surface area contributed by atoms with Gasteiger partial charge < -0.3 is 24.2 Å². The summed E-state index contributed by atoms with van der Waals surface area (Å²) in [5.41, 5.74) is 1.36. The smallest absolute Gasteiger partial charge is 0.231 e. The molecule has 3 aliphatic heterocycles. The van der Waals surface area contributed by atoms with Gasteiger partial charge in [-0.25, -0.2) is 0 Å². The molecule has 1 atom stereocenters. The molecule has 2 saturated heterocycles. The fraction of sp³-hybridized carbons (Fsp3) is 0.760. The molecular weight excluding hydrogens is 374 g/mol. The lowest BCUT2D eigenvalue weighted by molar-refractivity contribution is 0.0737. The molecule has 5 heteroatoms. The van der Waals surface area contributed by atoms with Crippen LogP contribution in [0.1, 0.15) is 45.1 Å². The quantitative estimate of drug-likeness (QED) is 0.645. The highest BCUT2D eigenvalue weighted by atomic mass is 16.7. The van der Waals surface area contributed by atoms with Gasteiger partial charge in [-0.05, 0) is 101 Å². The van der Waals surface area contributed by atoms with Crippen molar-refractivity contribution in [2.75, 3.05) is 59.7 Å². The minimum Gasteiger partial charge on any atom is -0.454 e. The fourth-order valence-electron chi connectivity index (χ4n) is 5.53. The van der Waals surface area contributed by atoms with Gasteiger partial charge >= 0.3 is 0 Å². The number of fused-ring (bicyclic) bond motifs is 1. The van der Waals surface area contributed by atoms with Gasteiger partial charge in [0.25, 0.3) is 0 Å². The van der Waals surface area contributed by atoms with Crippen molar-refractivity contribution >= 4 is 0 Å². The molecule has 0 saturated carbocycles. The van der Waals surface area contributed by atoms with Gasteiger partial charge in [-0.2, -0.15) is 0 Å². The Morgan fingerprint density at radius 2 is 1.77 bits per heavy atom. The average molecular weight is 416 g/mol. The number of rotatable bonds is 8. The van der Waals surface area contributed by atoms with Gasteiger partial charge in [-0.3, -0.25) is 0 Å². The van der Waals surface area contributed by atoms with E-state index < -0.39 is 0 Å². The largest absolute Gasteiger partial charge is 0.454 e. The molecule has 168 valence electrons. The molecular formula is C25H41N3O2. The lowest BCUT2D eigenvalue weighted by Crippen LogP contribution is -2.48. The second kappa shape index (κ2) is 10.3. The highest BCUT2D eigenvalue weighted by molar-refractivity contribution is 5.44. The van der Waals surface area contributed by atoms with Crippen LogP contribution in [0.25, 0.3) is 0 Å². The first-order valence-corrected chi connectivity index (χ1v) is 12.1. The molecule has 0 spiro atoms. The van der Waals surface area contributed by atoms with E-state index in [9.17, 15) is 0 Å². The number of nitrogens with zero attached hydrogens (tertiary/aromatic N) is 3. The zero-order valence-electron chi connectivity index (χ0n) is 19.3. The Kier molecular flexibility index (Phi) is 7.55. The topological polar surface area (TPSA) is 28.2 Å². The summed E-state index contributed by atoms with van der Waals surface area (Å²) in [6.45, 7) is 13.8. The molecule has 1 unspecified atom stereocenters. The summed E-state index contributed by atoms with van der Waals surface area (Å²) in [4.78, 5) is 7.96. The molecule has 4 rings (SSSR count). The highest BCUT2D eigenvalue weighted by Gasteiger charge is 2.28. The summed E-state index contributed by atoms with van der Waals surface area (Å²) >= 11 is 0. The van der Waals surface area contributed by atoms with Crippen molar-refractivity contribution in [1.29, 1.82) is 0 Å². The molecule has 5 nitrogen and oxygen atoms in total. The summed E-state index contributed by atoms with van der Waals surface area (Å²) in [5.74, 6) is 3.30. The van der Waals surface area contributed by atoms with Gasteiger partial charge in [0.05, 0.1) is 0 Å². The Bertz CT molecular complexity index is 666. The molecule has 3 heterocycles. The Balaban J connectivity index is 1.20. The molecule has 0 aliphatic carbocycles. The maximum atomic E-state index is 5.54. The van der Waals surface area contributed by atoms with Crippen LogP contribution < -0.4 is 9.47 Å². The number of benzene rings is 1. The van der Waals surface area contributed by atoms with Crippen LogP contribution in [0.15, 0.2) is 18.2 Å². The van der Waals surface area contributed by atoms with Crippen molar-refractivity contribution in [3.8, 4) is 11.5 Å². The Labute approximate surface area is 183 Å². The predicted octanol–water partition coefficient (Wildman–Crippen LogP) is 3.72. The molecule has 30 heavy (non-hydrogen) atoms. The van der Waals surface area contributed by atoms with Crippen LogP contribution in [-0.2, 0) is 6.42 Å². The first-order chi connectivity index (χ1) is 14.6. The van der Waals surface area contributed by atoms with Gasteiger partial charge in [0, 0.05) is 19.1 Å². The van der Waals surface area contributed by atoms with Gasteiger partial charge in [0.1, 0.15) is 0 Å². The Hall–Kier alpha value is -1.30. The van der Waals surface area contributed by atoms with E-state index in [1.807, 2.05) is 0 Å². The average Bonchev–Trinajstić information content (AvgIpc) is 3.22. The van der Waals surface area contributed by atoms with Gasteiger partial charge in [0.2, 0.25) is 6.79 Å². The summed E-state index contributed by atoms with van der Waals surface area (Å²) in [5, 5.41) is 0. The monoisotopic (exact) mass is 415 g/mol. The Morgan fingerprint density at radius 1 is 1.03 bits per heavy atom. The van der Waals surface area contributed by atoms with Gasteiger partial charge in [0.15, 0.2) is 11.5 Å². The normalized spacial score (nSPS) is 22.7. The summed E-state index contributed by atoms with van der Waals surface area (Å²) < 4.78 is 11.0. The first kappa shape index (κ1) is 21.9. The van der Waals surface area contributed by atoms with E-state index in [4.69, 9.17) is 9.47 Å². The molecule has 1 aromatic rings. The SMILES string of the molecule is CCN(CC(C)Cc1ccc2c(c1)OCO2)CC1CCN(C2CCN(C)CC2)CC1. The van der Waals surface area contributed by atoms with E-state index in [1.54, 1.807) is 0 Å². The van der Waals surface area contributed by atoms with E-state index in [2.05, 4.69) is 53.8 Å². The van der Waals surface area contributed by atoms with Crippen molar-refractivity contribution in [2.24, 2.45) is 11.8 Å². The Morgan fingerprint density at radius 3 is 2.50 bits per heavy atom. The van der Waals surface area contributed by atoms with Crippen LogP contribution in [0.4, 0.5) is 0 Å². The van der Waals surface area contributed by atoms with Crippen molar-refractivity contribution in [3.05, 3.63) is 23.8 Å². The molecule has 1 aromatic carbocycles. The van der Waals surface area contributed by atoms with E-state index in [-0.39, 0.29) is 0 Å². The number of ether oxygens (including phenoxy) is 2. The lowest BCUT2D eigenvalue weighted by Gasteiger charge is -2.42. The van der Waals surface area contributed by atoms with Crippen molar-refractivity contribution in [3.63, 3.8) is 0 Å². The van der Waals surface area contributed by atoms with E-state index in [0.717, 1.165) is 36.4 Å². The van der Waals surface area contributed by atoms with Crippen LogP contribution in [0.2, 0.25) is 0 Å². The van der Waals surface area contributed by atoms with Crippen LogP contribution in [0, 0.1) is 11.8 Å². The molecule has 3 aliphatic rings. The van der Waals surface area contributed by atoms with Crippen LogP contribution in [0.3, 0.4) is 0 Å². The zero-order valence-corrected chi connectivity index (χ0v) is 19.3. The van der Waals surface area contributed by atoms with Crippen molar-refractivity contribution in [1.82, 2.24) is 14.7 Å². The lowest BCUT2D eigenvalue weighted by atomic mass is 9.92. The summed E-state index contributed by atoms with van der Waals surface area (Å²) in [6.07, 6.45) is 6.57. The van der Waals surface area contributed by atoms with Crippen molar-refractivity contribution < 1.29 is 9.47 Å². The fourth-order valence-corrected chi connectivity index (χ4v) is 5.53. The highest BCUT2D eigenvalue weighted by Crippen LogP contribution is 2.33. The molecule has 0 bridgehead atoms. The van der Waals surface area contributed by atoms with Gasteiger partial charge in [-0.15, -0.1) is 0 Å². The standard InChI is InChI=1S/C25H41N3O2/c1-4-27(17-20(2)15-22-5-6-24-25(16-22)30-19-29-24)18-21-7-13-28(14-8-21)23-9-11-26(3)12-10-23/h5-6,16,20-21,23H,4,7-15,17-19H2,1-3H3. The zero-order chi connectivity index (χ0) is 20.9. The molecule has 0 amide bonds.